The van der Waals surface area contributed by atoms with E-state index < -0.39 is 0 Å². The van der Waals surface area contributed by atoms with E-state index in [1.807, 2.05) is 0 Å². The van der Waals surface area contributed by atoms with Crippen LogP contribution in [0.4, 0.5) is 0 Å². The van der Waals surface area contributed by atoms with Crippen LogP contribution in [0.2, 0.25) is 0 Å². The van der Waals surface area contributed by atoms with Crippen molar-refractivity contribution in [1.29, 1.82) is 0 Å². The van der Waals surface area contributed by atoms with Crippen LogP contribution < -0.4 is 5.32 Å². The minimum atomic E-state index is 0.688. The highest BCUT2D eigenvalue weighted by molar-refractivity contribution is 9.10. The lowest BCUT2D eigenvalue weighted by atomic mass is 9.97. The van der Waals surface area contributed by atoms with Crippen LogP contribution >= 0.6 is 15.9 Å². The second-order valence-electron chi connectivity index (χ2n) is 5.58. The van der Waals surface area contributed by atoms with E-state index in [0.717, 1.165) is 18.8 Å². The first kappa shape index (κ1) is 15.0. The van der Waals surface area contributed by atoms with E-state index in [4.69, 9.17) is 0 Å². The van der Waals surface area contributed by atoms with E-state index in [-0.39, 0.29) is 0 Å². The summed E-state index contributed by atoms with van der Waals surface area (Å²) in [4.78, 5) is 0. The van der Waals surface area contributed by atoms with Crippen molar-refractivity contribution in [2.75, 3.05) is 0 Å². The third-order valence-electron chi connectivity index (χ3n) is 4.12. The Morgan fingerprint density at radius 3 is 2.47 bits per heavy atom. The number of nitrogens with zero attached hydrogens (tertiary/aromatic N) is 2. The number of rotatable bonds is 4. The number of hydrogen-bond donors (Lipinski definition) is 1. The Bertz CT molecular complexity index is 392. The van der Waals surface area contributed by atoms with Crippen LogP contribution in [0.1, 0.15) is 63.3 Å². The molecule has 0 aliphatic heterocycles. The van der Waals surface area contributed by atoms with Gasteiger partial charge in [0.25, 0.3) is 0 Å². The van der Waals surface area contributed by atoms with E-state index in [9.17, 15) is 0 Å². The molecule has 108 valence electrons. The number of aromatic nitrogens is 2. The summed E-state index contributed by atoms with van der Waals surface area (Å²) in [6.07, 6.45) is 9.67. The Morgan fingerprint density at radius 2 is 1.84 bits per heavy atom. The summed E-state index contributed by atoms with van der Waals surface area (Å²) < 4.78 is 3.28. The predicted molar refractivity (Wildman–Crippen MR) is 83.3 cm³/mol. The number of halogens is 1. The van der Waals surface area contributed by atoms with Gasteiger partial charge in [-0.1, -0.05) is 32.1 Å². The molecule has 4 heteroatoms. The lowest BCUT2D eigenvalue weighted by Gasteiger charge is -2.21. The molecule has 0 unspecified atom stereocenters. The van der Waals surface area contributed by atoms with Crippen molar-refractivity contribution < 1.29 is 0 Å². The van der Waals surface area contributed by atoms with Gasteiger partial charge in [0.2, 0.25) is 0 Å². The predicted octanol–water partition coefficient (Wildman–Crippen LogP) is 4.18. The second kappa shape index (κ2) is 7.44. The molecule has 0 saturated heterocycles. The van der Waals surface area contributed by atoms with Crippen molar-refractivity contribution in [3.8, 4) is 0 Å². The van der Waals surface area contributed by atoms with Crippen molar-refractivity contribution in [2.24, 2.45) is 0 Å². The van der Waals surface area contributed by atoms with E-state index in [1.165, 1.54) is 55.1 Å². The van der Waals surface area contributed by atoms with Gasteiger partial charge in [-0.15, -0.1) is 0 Å². The largest absolute Gasteiger partial charge is 0.308 e. The van der Waals surface area contributed by atoms with Gasteiger partial charge in [0, 0.05) is 19.1 Å². The van der Waals surface area contributed by atoms with Crippen LogP contribution in [0.25, 0.3) is 0 Å². The molecule has 1 heterocycles. The molecular weight excluding hydrogens is 302 g/mol. The normalized spacial score (nSPS) is 18.3. The molecule has 0 spiro atoms. The highest BCUT2D eigenvalue weighted by Gasteiger charge is 2.15. The van der Waals surface area contributed by atoms with Crippen LogP contribution in [0.3, 0.4) is 0 Å². The summed E-state index contributed by atoms with van der Waals surface area (Å²) in [5, 5.41) is 8.30. The third-order valence-corrected chi connectivity index (χ3v) is 5.15. The zero-order valence-corrected chi connectivity index (χ0v) is 13.8. The Labute approximate surface area is 125 Å². The summed E-state index contributed by atoms with van der Waals surface area (Å²) in [5.41, 5.74) is 2.39. The zero-order chi connectivity index (χ0) is 13.7. The molecule has 0 radical (unpaired) electrons. The highest BCUT2D eigenvalue weighted by Crippen LogP contribution is 2.22. The molecule has 1 N–H and O–H groups in total. The number of aryl methyl sites for hydroxylation is 2. The van der Waals surface area contributed by atoms with Crippen LogP contribution in [0.5, 0.6) is 0 Å². The Balaban J connectivity index is 1.93. The van der Waals surface area contributed by atoms with Crippen molar-refractivity contribution >= 4 is 15.9 Å². The SMILES string of the molecule is CCn1nc(C)c(Br)c1CNC1CCCCCCC1. The molecule has 0 aromatic carbocycles. The summed E-state index contributed by atoms with van der Waals surface area (Å²) in [6.45, 7) is 6.09. The third kappa shape index (κ3) is 4.06. The zero-order valence-electron chi connectivity index (χ0n) is 12.2. The van der Waals surface area contributed by atoms with Crippen LogP contribution in [-0.2, 0) is 13.1 Å². The van der Waals surface area contributed by atoms with Crippen molar-refractivity contribution in [2.45, 2.75) is 77.9 Å². The Kier molecular flexibility index (Phi) is 5.89. The maximum absolute atomic E-state index is 4.56. The molecule has 0 amide bonds. The molecular formula is C15H26BrN3. The molecule has 0 bridgehead atoms. The van der Waals surface area contributed by atoms with E-state index in [1.54, 1.807) is 0 Å². The van der Waals surface area contributed by atoms with Gasteiger partial charge in [-0.05, 0) is 42.6 Å². The maximum atomic E-state index is 4.56. The summed E-state index contributed by atoms with van der Waals surface area (Å²) in [7, 11) is 0. The lowest BCUT2D eigenvalue weighted by Crippen LogP contribution is -2.30. The summed E-state index contributed by atoms with van der Waals surface area (Å²) >= 11 is 3.67. The average Bonchev–Trinajstić information content (AvgIpc) is 2.64. The number of nitrogens with one attached hydrogen (secondary N) is 1. The number of hydrogen-bond acceptors (Lipinski definition) is 2. The van der Waals surface area contributed by atoms with Crippen molar-refractivity contribution in [3.63, 3.8) is 0 Å². The van der Waals surface area contributed by atoms with E-state index in [0.29, 0.717) is 6.04 Å². The standard InChI is InChI=1S/C15H26BrN3/c1-3-19-14(15(16)12(2)18-19)11-17-13-9-7-5-4-6-8-10-13/h13,17H,3-11H2,1-2H3. The molecule has 1 fully saturated rings. The monoisotopic (exact) mass is 327 g/mol. The molecule has 1 aliphatic carbocycles. The molecule has 1 aromatic heterocycles. The van der Waals surface area contributed by atoms with E-state index in [2.05, 4.69) is 44.9 Å². The summed E-state index contributed by atoms with van der Waals surface area (Å²) in [6, 6.07) is 0.688. The fourth-order valence-corrected chi connectivity index (χ4v) is 3.36. The van der Waals surface area contributed by atoms with Crippen molar-refractivity contribution in [1.82, 2.24) is 15.1 Å². The molecule has 19 heavy (non-hydrogen) atoms. The van der Waals surface area contributed by atoms with Crippen LogP contribution in [0.15, 0.2) is 4.47 Å². The lowest BCUT2D eigenvalue weighted by molar-refractivity contribution is 0.383. The molecule has 1 saturated carbocycles. The van der Waals surface area contributed by atoms with Gasteiger partial charge < -0.3 is 5.32 Å². The summed E-state index contributed by atoms with van der Waals surface area (Å²) in [5.74, 6) is 0. The minimum Gasteiger partial charge on any atom is -0.308 e. The second-order valence-corrected chi connectivity index (χ2v) is 6.38. The maximum Gasteiger partial charge on any atom is 0.0739 e. The molecule has 1 aliphatic rings. The van der Waals surface area contributed by atoms with Gasteiger partial charge >= 0.3 is 0 Å². The highest BCUT2D eigenvalue weighted by atomic mass is 79.9. The molecule has 1 aromatic rings. The first-order chi connectivity index (χ1) is 9.22. The van der Waals surface area contributed by atoms with Gasteiger partial charge in [-0.2, -0.15) is 5.10 Å². The minimum absolute atomic E-state index is 0.688. The van der Waals surface area contributed by atoms with E-state index >= 15 is 0 Å². The van der Waals surface area contributed by atoms with Gasteiger partial charge in [0.15, 0.2) is 0 Å². The topological polar surface area (TPSA) is 29.9 Å². The van der Waals surface area contributed by atoms with Crippen molar-refractivity contribution in [3.05, 3.63) is 15.9 Å². The first-order valence-corrected chi connectivity index (χ1v) is 8.46. The Morgan fingerprint density at radius 1 is 1.21 bits per heavy atom. The van der Waals surface area contributed by atoms with Gasteiger partial charge in [-0.25, -0.2) is 0 Å². The van der Waals surface area contributed by atoms with Gasteiger partial charge in [0.1, 0.15) is 0 Å². The molecule has 3 nitrogen and oxygen atoms in total. The smallest absolute Gasteiger partial charge is 0.0739 e. The van der Waals surface area contributed by atoms with Gasteiger partial charge in [-0.3, -0.25) is 4.68 Å². The fourth-order valence-electron chi connectivity index (χ4n) is 2.94. The average molecular weight is 328 g/mol. The van der Waals surface area contributed by atoms with Crippen LogP contribution in [-0.4, -0.2) is 15.8 Å². The Hall–Kier alpha value is -0.350. The quantitative estimate of drug-likeness (QED) is 0.899. The first-order valence-electron chi connectivity index (χ1n) is 7.67. The molecule has 2 rings (SSSR count). The van der Waals surface area contributed by atoms with Gasteiger partial charge in [0.05, 0.1) is 15.9 Å². The molecule has 0 atom stereocenters. The van der Waals surface area contributed by atoms with Crippen LogP contribution in [0, 0.1) is 6.92 Å². The fraction of sp³-hybridized carbons (Fsp3) is 0.800.